The second-order valence-corrected chi connectivity index (χ2v) is 11.1. The lowest BCUT2D eigenvalue weighted by Gasteiger charge is -2.29. The molecule has 0 bridgehead atoms. The fourth-order valence-electron chi connectivity index (χ4n) is 4.34. The molecule has 0 saturated heterocycles. The number of ether oxygens (including phenoxy) is 4. The normalized spacial score (nSPS) is 10.7. The van der Waals surface area contributed by atoms with Crippen molar-refractivity contribution in [3.05, 3.63) is 63.8 Å². The summed E-state index contributed by atoms with van der Waals surface area (Å²) in [6.45, 7) is 7.40. The fourth-order valence-corrected chi connectivity index (χ4v) is 5.26. The average Bonchev–Trinajstić information content (AvgIpc) is 3.37. The van der Waals surface area contributed by atoms with Crippen LogP contribution in [0.4, 0.5) is 10.5 Å². The van der Waals surface area contributed by atoms with Crippen LogP contribution in [0.1, 0.15) is 29.9 Å². The summed E-state index contributed by atoms with van der Waals surface area (Å²) in [6, 6.07) is 12.6. The van der Waals surface area contributed by atoms with Gasteiger partial charge in [0.15, 0.2) is 11.5 Å². The molecule has 3 rings (SSSR count). The molecule has 0 spiro atoms. The van der Waals surface area contributed by atoms with E-state index in [9.17, 15) is 9.59 Å². The van der Waals surface area contributed by atoms with E-state index < -0.39 is 0 Å². The number of benzene rings is 2. The standard InChI is InChI=1S/C31H41N3O6S/c1-21(2)18-34(31(36)32-24-15-25(37-4)17-26(16-24)38-5)20-30(35)33(19-29-22(3)11-13-41-29)12-10-23-8-9-27(39-6)28(14-23)40-7/h8-9,11,13-17,21H,10,12,18-20H2,1-7H3,(H,32,36). The van der Waals surface area contributed by atoms with Crippen molar-refractivity contribution >= 4 is 29.0 Å². The van der Waals surface area contributed by atoms with Gasteiger partial charge >= 0.3 is 6.03 Å². The number of amides is 3. The van der Waals surface area contributed by atoms with Gasteiger partial charge in [-0.1, -0.05) is 19.9 Å². The van der Waals surface area contributed by atoms with Crippen LogP contribution in [0.15, 0.2) is 47.8 Å². The summed E-state index contributed by atoms with van der Waals surface area (Å²) in [5.74, 6) is 2.44. The van der Waals surface area contributed by atoms with Gasteiger partial charge in [-0.3, -0.25) is 4.79 Å². The highest BCUT2D eigenvalue weighted by atomic mass is 32.1. The van der Waals surface area contributed by atoms with E-state index in [1.165, 1.54) is 0 Å². The number of carbonyl (C=O) groups excluding carboxylic acids is 2. The number of thiophene rings is 1. The van der Waals surface area contributed by atoms with Gasteiger partial charge in [-0.05, 0) is 54.0 Å². The predicted octanol–water partition coefficient (Wildman–Crippen LogP) is 5.85. The van der Waals surface area contributed by atoms with Crippen LogP contribution in [0.2, 0.25) is 0 Å². The van der Waals surface area contributed by atoms with Crippen molar-refractivity contribution in [1.29, 1.82) is 0 Å². The summed E-state index contributed by atoms with van der Waals surface area (Å²) in [5, 5.41) is 4.94. The molecule has 0 saturated carbocycles. The third kappa shape index (κ3) is 9.04. The van der Waals surface area contributed by atoms with Gasteiger partial charge in [-0.15, -0.1) is 11.3 Å². The SMILES string of the molecule is COc1cc(NC(=O)N(CC(=O)N(CCc2ccc(OC)c(OC)c2)Cc2sccc2C)CC(C)C)cc(OC)c1. The zero-order chi connectivity index (χ0) is 29.9. The lowest BCUT2D eigenvalue weighted by Crippen LogP contribution is -2.46. The van der Waals surface area contributed by atoms with Crippen molar-refractivity contribution in [2.45, 2.75) is 33.7 Å². The number of methoxy groups -OCH3 is 4. The molecule has 0 fully saturated rings. The van der Waals surface area contributed by atoms with Gasteiger partial charge in [0, 0.05) is 41.9 Å². The van der Waals surface area contributed by atoms with Crippen LogP contribution < -0.4 is 24.3 Å². The highest BCUT2D eigenvalue weighted by molar-refractivity contribution is 7.10. The summed E-state index contributed by atoms with van der Waals surface area (Å²) in [5.41, 5.74) is 2.68. The Kier molecular flexibility index (Phi) is 11.7. The first-order valence-electron chi connectivity index (χ1n) is 13.5. The summed E-state index contributed by atoms with van der Waals surface area (Å²) in [4.78, 5) is 31.7. The van der Waals surface area contributed by atoms with E-state index in [0.717, 1.165) is 16.0 Å². The number of anilines is 1. The van der Waals surface area contributed by atoms with Crippen molar-refractivity contribution in [3.63, 3.8) is 0 Å². The molecule has 3 aromatic rings. The first kappa shape index (κ1) is 31.6. The molecular formula is C31H41N3O6S. The molecule has 0 aliphatic rings. The van der Waals surface area contributed by atoms with Gasteiger partial charge in [0.05, 0.1) is 35.0 Å². The summed E-state index contributed by atoms with van der Waals surface area (Å²) < 4.78 is 21.5. The largest absolute Gasteiger partial charge is 0.497 e. The molecule has 0 atom stereocenters. The molecule has 41 heavy (non-hydrogen) atoms. The maximum absolute atomic E-state index is 13.8. The molecule has 3 amide bonds. The van der Waals surface area contributed by atoms with E-state index in [2.05, 4.69) is 11.4 Å². The molecule has 0 aliphatic carbocycles. The van der Waals surface area contributed by atoms with E-state index in [1.54, 1.807) is 62.9 Å². The van der Waals surface area contributed by atoms with Crippen molar-refractivity contribution in [1.82, 2.24) is 9.80 Å². The number of aryl methyl sites for hydroxylation is 1. The van der Waals surface area contributed by atoms with Crippen LogP contribution in [-0.4, -0.2) is 69.8 Å². The van der Waals surface area contributed by atoms with Crippen molar-refractivity contribution in [2.75, 3.05) is 53.4 Å². The van der Waals surface area contributed by atoms with Crippen molar-refractivity contribution in [3.8, 4) is 23.0 Å². The van der Waals surface area contributed by atoms with Gasteiger partial charge < -0.3 is 34.1 Å². The Morgan fingerprint density at radius 2 is 1.56 bits per heavy atom. The van der Waals surface area contributed by atoms with E-state index in [4.69, 9.17) is 18.9 Å². The molecule has 222 valence electrons. The first-order valence-corrected chi connectivity index (χ1v) is 14.4. The van der Waals surface area contributed by atoms with E-state index in [0.29, 0.717) is 54.7 Å². The summed E-state index contributed by atoms with van der Waals surface area (Å²) >= 11 is 1.63. The van der Waals surface area contributed by atoms with Crippen LogP contribution in [-0.2, 0) is 17.8 Å². The quantitative estimate of drug-likeness (QED) is 0.256. The van der Waals surface area contributed by atoms with Crippen LogP contribution >= 0.6 is 11.3 Å². The highest BCUT2D eigenvalue weighted by Gasteiger charge is 2.24. The maximum Gasteiger partial charge on any atom is 0.322 e. The van der Waals surface area contributed by atoms with Crippen molar-refractivity contribution in [2.24, 2.45) is 5.92 Å². The van der Waals surface area contributed by atoms with Crippen LogP contribution in [0.5, 0.6) is 23.0 Å². The van der Waals surface area contributed by atoms with E-state index in [1.807, 2.05) is 49.3 Å². The van der Waals surface area contributed by atoms with Gasteiger partial charge in [0.1, 0.15) is 18.0 Å². The molecule has 2 aromatic carbocycles. The van der Waals surface area contributed by atoms with Gasteiger partial charge in [-0.2, -0.15) is 0 Å². The Morgan fingerprint density at radius 1 is 0.878 bits per heavy atom. The Hall–Kier alpha value is -3.92. The third-order valence-electron chi connectivity index (χ3n) is 6.58. The average molecular weight is 584 g/mol. The topological polar surface area (TPSA) is 89.6 Å². The zero-order valence-electron chi connectivity index (χ0n) is 25.0. The van der Waals surface area contributed by atoms with Gasteiger partial charge in [0.2, 0.25) is 5.91 Å². The van der Waals surface area contributed by atoms with Gasteiger partial charge in [0.25, 0.3) is 0 Å². The zero-order valence-corrected chi connectivity index (χ0v) is 25.8. The number of hydrogen-bond donors (Lipinski definition) is 1. The monoisotopic (exact) mass is 583 g/mol. The first-order chi connectivity index (χ1) is 19.7. The molecule has 0 unspecified atom stereocenters. The number of carbonyl (C=O) groups is 2. The number of rotatable bonds is 14. The molecule has 0 aliphatic heterocycles. The molecule has 10 heteroatoms. The van der Waals surface area contributed by atoms with Gasteiger partial charge in [-0.25, -0.2) is 4.79 Å². The van der Waals surface area contributed by atoms with Crippen LogP contribution in [0.25, 0.3) is 0 Å². The molecular weight excluding hydrogens is 542 g/mol. The number of nitrogens with zero attached hydrogens (tertiary/aromatic N) is 2. The predicted molar refractivity (Wildman–Crippen MR) is 163 cm³/mol. The van der Waals surface area contributed by atoms with Crippen LogP contribution in [0, 0.1) is 12.8 Å². The Morgan fingerprint density at radius 3 is 2.12 bits per heavy atom. The Labute approximate surface area is 247 Å². The number of urea groups is 1. The molecule has 1 aromatic heterocycles. The lowest BCUT2D eigenvalue weighted by atomic mass is 10.1. The molecule has 0 radical (unpaired) electrons. The number of nitrogens with one attached hydrogen (secondary N) is 1. The Balaban J connectivity index is 1.80. The minimum atomic E-state index is -0.366. The highest BCUT2D eigenvalue weighted by Crippen LogP contribution is 2.28. The summed E-state index contributed by atoms with van der Waals surface area (Å²) in [7, 11) is 6.31. The minimum absolute atomic E-state index is 0.0541. The van der Waals surface area contributed by atoms with Crippen molar-refractivity contribution < 1.29 is 28.5 Å². The lowest BCUT2D eigenvalue weighted by molar-refractivity contribution is -0.132. The molecule has 9 nitrogen and oxygen atoms in total. The third-order valence-corrected chi connectivity index (χ3v) is 7.58. The second kappa shape index (κ2) is 15.2. The molecule has 1 N–H and O–H groups in total. The minimum Gasteiger partial charge on any atom is -0.497 e. The fraction of sp³-hybridized carbons (Fsp3) is 0.419. The second-order valence-electron chi connectivity index (χ2n) is 10.1. The molecule has 1 heterocycles. The van der Waals surface area contributed by atoms with E-state index in [-0.39, 0.29) is 24.4 Å². The van der Waals surface area contributed by atoms with Crippen LogP contribution in [0.3, 0.4) is 0 Å². The summed E-state index contributed by atoms with van der Waals surface area (Å²) in [6.07, 6.45) is 0.622. The maximum atomic E-state index is 13.8. The number of hydrogen-bond acceptors (Lipinski definition) is 7. The Bertz CT molecular complexity index is 1290. The smallest absolute Gasteiger partial charge is 0.322 e. The van der Waals surface area contributed by atoms with E-state index >= 15 is 0 Å².